The number of nitrogens with one attached hydrogen (secondary N) is 2. The molecule has 3 rings (SSSR count). The van der Waals surface area contributed by atoms with Gasteiger partial charge in [-0.2, -0.15) is 10.1 Å². The average molecular weight is 335 g/mol. The van der Waals surface area contributed by atoms with Gasteiger partial charge in [0.2, 0.25) is 5.95 Å². The lowest BCUT2D eigenvalue weighted by Gasteiger charge is -2.11. The van der Waals surface area contributed by atoms with Gasteiger partial charge in [-0.05, 0) is 62.7 Å². The number of hydrogen-bond acceptors (Lipinski definition) is 6. The first-order valence-electron chi connectivity index (χ1n) is 8.15. The van der Waals surface area contributed by atoms with Crippen LogP contribution in [0.2, 0.25) is 0 Å². The van der Waals surface area contributed by atoms with E-state index in [1.165, 1.54) is 0 Å². The standard InChI is InChI=1S/C19H21N5O/c1-13(2)25-17-9-7-15(8-10-17)21-18-12-20-24-19(23-18)22-16-6-4-5-14(3)11-16/h4-13H,1-3H3,(H2,21,22,23,24). The highest BCUT2D eigenvalue weighted by atomic mass is 16.5. The van der Waals surface area contributed by atoms with Crippen LogP contribution < -0.4 is 15.4 Å². The van der Waals surface area contributed by atoms with Crippen molar-refractivity contribution in [3.63, 3.8) is 0 Å². The fourth-order valence-electron chi connectivity index (χ4n) is 2.31. The smallest absolute Gasteiger partial charge is 0.249 e. The molecule has 0 saturated heterocycles. The Hall–Kier alpha value is -3.15. The Labute approximate surface area is 147 Å². The van der Waals surface area contributed by atoms with Crippen LogP contribution in [0.3, 0.4) is 0 Å². The van der Waals surface area contributed by atoms with Gasteiger partial charge >= 0.3 is 0 Å². The van der Waals surface area contributed by atoms with Gasteiger partial charge in [-0.15, -0.1) is 5.10 Å². The van der Waals surface area contributed by atoms with E-state index in [0.29, 0.717) is 11.8 Å². The van der Waals surface area contributed by atoms with Crippen molar-refractivity contribution in [2.75, 3.05) is 10.6 Å². The van der Waals surface area contributed by atoms with E-state index in [0.717, 1.165) is 22.7 Å². The zero-order chi connectivity index (χ0) is 17.6. The molecule has 2 aromatic carbocycles. The van der Waals surface area contributed by atoms with E-state index in [2.05, 4.69) is 25.8 Å². The fraction of sp³-hybridized carbons (Fsp3) is 0.211. The molecule has 0 radical (unpaired) electrons. The number of ether oxygens (including phenoxy) is 1. The summed E-state index contributed by atoms with van der Waals surface area (Å²) < 4.78 is 5.64. The topological polar surface area (TPSA) is 72.0 Å². The molecule has 0 aliphatic carbocycles. The molecule has 6 heteroatoms. The van der Waals surface area contributed by atoms with Crippen molar-refractivity contribution in [2.24, 2.45) is 0 Å². The van der Waals surface area contributed by atoms with E-state index in [1.807, 2.05) is 69.3 Å². The van der Waals surface area contributed by atoms with Crippen LogP contribution in [0.4, 0.5) is 23.1 Å². The van der Waals surface area contributed by atoms with E-state index < -0.39 is 0 Å². The fourth-order valence-corrected chi connectivity index (χ4v) is 2.31. The van der Waals surface area contributed by atoms with E-state index >= 15 is 0 Å². The molecule has 0 atom stereocenters. The number of benzene rings is 2. The van der Waals surface area contributed by atoms with Gasteiger partial charge < -0.3 is 15.4 Å². The van der Waals surface area contributed by atoms with Gasteiger partial charge in [-0.1, -0.05) is 12.1 Å². The van der Waals surface area contributed by atoms with Crippen LogP contribution in [-0.2, 0) is 0 Å². The van der Waals surface area contributed by atoms with Gasteiger partial charge in [-0.25, -0.2) is 0 Å². The molecule has 128 valence electrons. The zero-order valence-electron chi connectivity index (χ0n) is 14.5. The molecule has 0 spiro atoms. The van der Waals surface area contributed by atoms with Crippen molar-refractivity contribution >= 4 is 23.1 Å². The van der Waals surface area contributed by atoms with Crippen molar-refractivity contribution < 1.29 is 4.74 Å². The quantitative estimate of drug-likeness (QED) is 0.693. The number of aromatic nitrogens is 3. The predicted octanol–water partition coefficient (Wildman–Crippen LogP) is 4.45. The van der Waals surface area contributed by atoms with Gasteiger partial charge in [0, 0.05) is 11.4 Å². The van der Waals surface area contributed by atoms with Crippen LogP contribution in [0.1, 0.15) is 19.4 Å². The number of nitrogens with zero attached hydrogens (tertiary/aromatic N) is 3. The first kappa shape index (κ1) is 16.7. The maximum absolute atomic E-state index is 5.64. The van der Waals surface area contributed by atoms with Gasteiger partial charge in [0.15, 0.2) is 5.82 Å². The highest BCUT2D eigenvalue weighted by Gasteiger charge is 2.03. The third-order valence-electron chi connectivity index (χ3n) is 3.33. The Bertz CT molecular complexity index is 833. The summed E-state index contributed by atoms with van der Waals surface area (Å²) in [5, 5.41) is 14.4. The summed E-state index contributed by atoms with van der Waals surface area (Å²) in [5.41, 5.74) is 2.99. The molecule has 1 heterocycles. The van der Waals surface area contributed by atoms with Gasteiger partial charge in [0.05, 0.1) is 12.3 Å². The van der Waals surface area contributed by atoms with Crippen LogP contribution in [-0.4, -0.2) is 21.3 Å². The molecule has 1 aromatic heterocycles. The molecule has 0 bridgehead atoms. The Balaban J connectivity index is 1.69. The van der Waals surface area contributed by atoms with Gasteiger partial charge in [0.25, 0.3) is 0 Å². The highest BCUT2D eigenvalue weighted by molar-refractivity contribution is 5.59. The third-order valence-corrected chi connectivity index (χ3v) is 3.33. The summed E-state index contributed by atoms with van der Waals surface area (Å²) >= 11 is 0. The van der Waals surface area contributed by atoms with E-state index in [9.17, 15) is 0 Å². The first-order valence-corrected chi connectivity index (χ1v) is 8.15. The average Bonchev–Trinajstić information content (AvgIpc) is 2.57. The Kier molecular flexibility index (Phi) is 5.09. The van der Waals surface area contributed by atoms with Crippen LogP contribution in [0.15, 0.2) is 54.7 Å². The van der Waals surface area contributed by atoms with Crippen molar-refractivity contribution in [3.8, 4) is 5.75 Å². The second-order valence-electron chi connectivity index (χ2n) is 5.98. The molecule has 0 fully saturated rings. The lowest BCUT2D eigenvalue weighted by molar-refractivity contribution is 0.242. The third kappa shape index (κ3) is 4.91. The van der Waals surface area contributed by atoms with Gasteiger partial charge in [-0.3, -0.25) is 0 Å². The van der Waals surface area contributed by atoms with Crippen molar-refractivity contribution in [1.82, 2.24) is 15.2 Å². The van der Waals surface area contributed by atoms with Crippen LogP contribution in [0.25, 0.3) is 0 Å². The van der Waals surface area contributed by atoms with Crippen LogP contribution in [0, 0.1) is 6.92 Å². The Morgan fingerprint density at radius 2 is 1.76 bits per heavy atom. The molecule has 6 nitrogen and oxygen atoms in total. The minimum Gasteiger partial charge on any atom is -0.491 e. The molecule has 0 saturated carbocycles. The summed E-state index contributed by atoms with van der Waals surface area (Å²) in [6, 6.07) is 15.7. The number of hydrogen-bond donors (Lipinski definition) is 2. The molecule has 3 aromatic rings. The molecular formula is C19H21N5O. The SMILES string of the molecule is Cc1cccc(Nc2nncc(Nc3ccc(OC(C)C)cc3)n2)c1. The normalized spacial score (nSPS) is 10.6. The number of rotatable bonds is 6. The summed E-state index contributed by atoms with van der Waals surface area (Å²) in [6.45, 7) is 6.04. The number of anilines is 4. The largest absolute Gasteiger partial charge is 0.491 e. The Morgan fingerprint density at radius 1 is 0.960 bits per heavy atom. The summed E-state index contributed by atoms with van der Waals surface area (Å²) in [6.07, 6.45) is 1.74. The molecule has 25 heavy (non-hydrogen) atoms. The minimum absolute atomic E-state index is 0.153. The van der Waals surface area contributed by atoms with E-state index in [4.69, 9.17) is 4.74 Å². The second kappa shape index (κ2) is 7.61. The second-order valence-corrected chi connectivity index (χ2v) is 5.98. The Morgan fingerprint density at radius 3 is 2.48 bits per heavy atom. The maximum Gasteiger partial charge on any atom is 0.249 e. The lowest BCUT2D eigenvalue weighted by atomic mass is 10.2. The van der Waals surface area contributed by atoms with E-state index in [-0.39, 0.29) is 6.10 Å². The lowest BCUT2D eigenvalue weighted by Crippen LogP contribution is -2.05. The van der Waals surface area contributed by atoms with Crippen LogP contribution in [0.5, 0.6) is 5.75 Å². The maximum atomic E-state index is 5.64. The molecule has 2 N–H and O–H groups in total. The van der Waals surface area contributed by atoms with Crippen LogP contribution >= 0.6 is 0 Å². The summed E-state index contributed by atoms with van der Waals surface area (Å²) in [7, 11) is 0. The highest BCUT2D eigenvalue weighted by Crippen LogP contribution is 2.20. The van der Waals surface area contributed by atoms with Crippen molar-refractivity contribution in [1.29, 1.82) is 0 Å². The van der Waals surface area contributed by atoms with Crippen molar-refractivity contribution in [3.05, 3.63) is 60.3 Å². The van der Waals surface area contributed by atoms with E-state index in [1.54, 1.807) is 6.20 Å². The number of aryl methyl sites for hydroxylation is 1. The molecule has 0 amide bonds. The summed E-state index contributed by atoms with van der Waals surface area (Å²) in [5.74, 6) is 1.89. The molecule has 0 aliphatic heterocycles. The molecule has 0 aliphatic rings. The predicted molar refractivity (Wildman–Crippen MR) is 99.8 cm³/mol. The van der Waals surface area contributed by atoms with Crippen molar-refractivity contribution in [2.45, 2.75) is 26.9 Å². The summed E-state index contributed by atoms with van der Waals surface area (Å²) in [4.78, 5) is 4.44. The monoisotopic (exact) mass is 335 g/mol. The molecule has 0 unspecified atom stereocenters. The molecular weight excluding hydrogens is 314 g/mol. The minimum atomic E-state index is 0.153. The first-order chi connectivity index (χ1) is 12.1. The van der Waals surface area contributed by atoms with Gasteiger partial charge in [0.1, 0.15) is 5.75 Å². The zero-order valence-corrected chi connectivity index (χ0v) is 14.5.